The molecule has 2 aliphatic heterocycles. The highest BCUT2D eigenvalue weighted by molar-refractivity contribution is 5.95. The number of likely N-dealkylation sites (N-methyl/N-ethyl adjacent to an activating group) is 1. The molecule has 2 saturated heterocycles. The summed E-state index contributed by atoms with van der Waals surface area (Å²) in [4.78, 5) is 86.1. The van der Waals surface area contributed by atoms with Crippen molar-refractivity contribution in [2.75, 3.05) is 40.0 Å². The van der Waals surface area contributed by atoms with Crippen LogP contribution < -0.4 is 32.3 Å². The number of nitrogens with one attached hydrogen (secondary N) is 5. The molecule has 0 spiro atoms. The zero-order valence-electron chi connectivity index (χ0n) is 43.3. The molecule has 6 rings (SSSR count). The molecule has 8 N–H and O–H groups in total. The van der Waals surface area contributed by atoms with Crippen molar-refractivity contribution in [2.24, 2.45) is 16.6 Å². The molecule has 2 aromatic rings. The van der Waals surface area contributed by atoms with Gasteiger partial charge >= 0.3 is 0 Å². The number of aliphatic hydroxyl groups excluding tert-OH is 1. The minimum Gasteiger partial charge on any atom is -0.394 e. The van der Waals surface area contributed by atoms with Crippen LogP contribution >= 0.6 is 0 Å². The number of hydrogen-bond acceptors (Lipinski definition) is 11. The first kappa shape index (κ1) is 55.5. The van der Waals surface area contributed by atoms with Gasteiger partial charge in [0, 0.05) is 25.9 Å². The summed E-state index contributed by atoms with van der Waals surface area (Å²) in [6.07, 6.45) is 4.57. The highest BCUT2D eigenvalue weighted by Crippen LogP contribution is 2.34. The van der Waals surface area contributed by atoms with Gasteiger partial charge in [-0.15, -0.1) is 0 Å². The van der Waals surface area contributed by atoms with Crippen molar-refractivity contribution in [3.8, 4) is 23.7 Å². The molecular weight excluding hydrogens is 917 g/mol. The minimum absolute atomic E-state index is 0.0255. The van der Waals surface area contributed by atoms with Crippen LogP contribution in [0.15, 0.2) is 48.5 Å². The van der Waals surface area contributed by atoms with Crippen LogP contribution in [-0.4, -0.2) is 139 Å². The molecule has 10 atom stereocenters. The van der Waals surface area contributed by atoms with Gasteiger partial charge in [-0.3, -0.25) is 28.8 Å². The molecule has 0 saturated carbocycles. The van der Waals surface area contributed by atoms with Crippen LogP contribution in [0.5, 0.6) is 0 Å². The Kier molecular flexibility index (Phi) is 19.1. The second kappa shape index (κ2) is 24.7. The largest absolute Gasteiger partial charge is 0.394 e. The van der Waals surface area contributed by atoms with Gasteiger partial charge in [-0.2, -0.15) is 0 Å². The first-order valence-corrected chi connectivity index (χ1v) is 25.4. The Balaban J connectivity index is 1.10. The third kappa shape index (κ3) is 14.0. The highest BCUT2D eigenvalue weighted by Gasteiger charge is 2.48. The molecule has 6 amide bonds. The van der Waals surface area contributed by atoms with Gasteiger partial charge in [-0.05, 0) is 97.4 Å². The van der Waals surface area contributed by atoms with E-state index in [-0.39, 0.29) is 74.9 Å². The number of likely N-dealkylation sites (tertiary alicyclic amines) is 2. The van der Waals surface area contributed by atoms with Crippen LogP contribution in [0.25, 0.3) is 0 Å². The summed E-state index contributed by atoms with van der Waals surface area (Å²) in [5, 5.41) is 24.5. The van der Waals surface area contributed by atoms with E-state index < -0.39 is 77.7 Å². The molecule has 0 bridgehead atoms. The van der Waals surface area contributed by atoms with E-state index in [1.54, 1.807) is 34.7 Å². The van der Waals surface area contributed by atoms with E-state index >= 15 is 0 Å². The Morgan fingerprint density at radius 2 is 1.11 bits per heavy atom. The predicted octanol–water partition coefficient (Wildman–Crippen LogP) is 2.34. The number of aliphatic hydroxyl groups is 1. The van der Waals surface area contributed by atoms with Crippen LogP contribution in [0.1, 0.15) is 121 Å². The van der Waals surface area contributed by atoms with Gasteiger partial charge in [0.05, 0.1) is 36.9 Å². The van der Waals surface area contributed by atoms with Crippen LogP contribution in [0.4, 0.5) is 0 Å². The number of amides is 6. The number of fused-ring (bicyclic) bond motifs is 2. The lowest BCUT2D eigenvalue weighted by atomic mass is 9.85. The quantitative estimate of drug-likeness (QED) is 0.121. The molecule has 17 nitrogen and oxygen atoms in total. The normalized spacial score (nSPS) is 23.3. The zero-order valence-corrected chi connectivity index (χ0v) is 43.3. The molecule has 0 radical (unpaired) electrons. The lowest BCUT2D eigenvalue weighted by molar-refractivity contribution is -0.144. The molecular formula is C55H76N8O9. The van der Waals surface area contributed by atoms with Crippen molar-refractivity contribution in [1.29, 1.82) is 0 Å². The maximum absolute atomic E-state index is 14.5. The molecule has 17 heteroatoms. The molecule has 390 valence electrons. The molecule has 2 heterocycles. The van der Waals surface area contributed by atoms with Crippen LogP contribution in [0.2, 0.25) is 0 Å². The second-order valence-electron chi connectivity index (χ2n) is 21.7. The van der Waals surface area contributed by atoms with Crippen molar-refractivity contribution in [3.63, 3.8) is 0 Å². The van der Waals surface area contributed by atoms with E-state index in [0.717, 1.165) is 49.7 Å². The van der Waals surface area contributed by atoms with Crippen molar-refractivity contribution < 1.29 is 43.3 Å². The third-order valence-electron chi connectivity index (χ3n) is 14.2. The summed E-state index contributed by atoms with van der Waals surface area (Å²) in [6.45, 7) is 12.3. The fourth-order valence-corrected chi connectivity index (χ4v) is 10.0. The average Bonchev–Trinajstić information content (AvgIpc) is 3.99. The number of carbonyl (C=O) groups excluding carboxylic acids is 6. The van der Waals surface area contributed by atoms with Gasteiger partial charge in [0.2, 0.25) is 35.4 Å². The second-order valence-corrected chi connectivity index (χ2v) is 21.7. The number of rotatable bonds is 16. The number of carbonyl (C=O) groups is 6. The minimum atomic E-state index is -1.23. The average molecular weight is 993 g/mol. The molecule has 4 aliphatic rings. The Hall–Kier alpha value is -5.82. The van der Waals surface area contributed by atoms with Crippen molar-refractivity contribution in [3.05, 3.63) is 70.8 Å². The lowest BCUT2D eigenvalue weighted by Gasteiger charge is -2.36. The van der Waals surface area contributed by atoms with E-state index in [2.05, 4.69) is 62.4 Å². The number of nitrogens with two attached hydrogens (primary N) is 1. The van der Waals surface area contributed by atoms with Gasteiger partial charge in [0.15, 0.2) is 0 Å². The first-order chi connectivity index (χ1) is 34.2. The zero-order chi connectivity index (χ0) is 52.3. The monoisotopic (exact) mass is 993 g/mol. The fourth-order valence-electron chi connectivity index (χ4n) is 10.0. The van der Waals surface area contributed by atoms with Gasteiger partial charge in [-0.1, -0.05) is 102 Å². The maximum atomic E-state index is 14.5. The van der Waals surface area contributed by atoms with Crippen LogP contribution in [0, 0.1) is 34.5 Å². The number of aryl methyl sites for hydroxylation is 2. The number of hydrogen-bond donors (Lipinski definition) is 7. The summed E-state index contributed by atoms with van der Waals surface area (Å²) in [6, 6.07) is 10.2. The van der Waals surface area contributed by atoms with Crippen LogP contribution in [0.3, 0.4) is 0 Å². The van der Waals surface area contributed by atoms with Crippen molar-refractivity contribution in [2.45, 2.75) is 160 Å². The smallest absolute Gasteiger partial charge is 0.246 e. The number of benzene rings is 2. The standard InChI is InChI=1S/C55H76N8O9/c1-34(57-8)48(65)60-46(54(2,3)4)52(69)62-31-37(29-44(62)50(67)58-42-25-17-21-35-19-11-13-23-39(35)42)71-27-15-9-10-16-28-72-38-30-45(51(68)59-43-26-18-22-36-20-12-14-24-40(36)43)63(32-38)53(70)47(55(5,6)7)61-49(66)41(56)33-64/h11-14,19-20,23-24,34,37-38,41-47,57,64H,17-18,21-22,25-33,56H2,1-8H3,(H,58,67)(H,59,68)(H,60,65)(H,61,66)/t34-,37-,38-,41-,42?,43+,44-,45-,46+,47+/m0/s1. The Labute approximate surface area is 425 Å². The first-order valence-electron chi connectivity index (χ1n) is 25.4. The van der Waals surface area contributed by atoms with Gasteiger partial charge in [0.25, 0.3) is 0 Å². The summed E-state index contributed by atoms with van der Waals surface area (Å²) >= 11 is 0. The number of nitrogens with zero attached hydrogens (tertiary/aromatic N) is 2. The van der Waals surface area contributed by atoms with E-state index in [9.17, 15) is 33.9 Å². The molecule has 2 fully saturated rings. The Morgan fingerprint density at radius 1 is 0.694 bits per heavy atom. The summed E-state index contributed by atoms with van der Waals surface area (Å²) < 4.78 is 12.3. The molecule has 2 aromatic carbocycles. The molecule has 1 unspecified atom stereocenters. The topological polar surface area (TPSA) is 234 Å². The summed E-state index contributed by atoms with van der Waals surface area (Å²) in [5.41, 5.74) is 8.87. The lowest BCUT2D eigenvalue weighted by Crippen LogP contribution is -2.60. The Bertz CT molecular complexity index is 2240. The van der Waals surface area contributed by atoms with Crippen molar-refractivity contribution in [1.82, 2.24) is 36.4 Å². The van der Waals surface area contributed by atoms with Crippen LogP contribution in [-0.2, 0) is 51.1 Å². The third-order valence-corrected chi connectivity index (χ3v) is 14.2. The van der Waals surface area contributed by atoms with Crippen molar-refractivity contribution >= 4 is 35.4 Å². The Morgan fingerprint density at radius 3 is 1.51 bits per heavy atom. The van der Waals surface area contributed by atoms with Gasteiger partial charge in [-0.25, -0.2) is 0 Å². The molecule has 72 heavy (non-hydrogen) atoms. The van der Waals surface area contributed by atoms with Gasteiger partial charge < -0.3 is 56.7 Å². The summed E-state index contributed by atoms with van der Waals surface area (Å²) in [7, 11) is 1.67. The van der Waals surface area contributed by atoms with E-state index in [1.807, 2.05) is 57.2 Å². The number of ether oxygens (including phenoxy) is 2. The van der Waals surface area contributed by atoms with Gasteiger partial charge in [0.1, 0.15) is 43.4 Å². The fraction of sp³-hybridized carbons (Fsp3) is 0.600. The molecule has 0 aromatic heterocycles. The molecule has 2 aliphatic carbocycles. The van der Waals surface area contributed by atoms with E-state index in [4.69, 9.17) is 15.2 Å². The van der Waals surface area contributed by atoms with E-state index in [0.29, 0.717) is 0 Å². The maximum Gasteiger partial charge on any atom is 0.246 e. The highest BCUT2D eigenvalue weighted by atomic mass is 16.5. The van der Waals surface area contributed by atoms with E-state index in [1.165, 1.54) is 20.9 Å². The predicted molar refractivity (Wildman–Crippen MR) is 272 cm³/mol. The summed E-state index contributed by atoms with van der Waals surface area (Å²) in [5.74, 6) is 8.92. The SMILES string of the molecule is CN[C@@H](C)C(=O)N[C@H](C(=O)N1C[C@@H](OCC#CC#CCO[C@H]2C[C@@H](C(=O)N[C@@H]3CCCc4ccccc43)N(C(=O)[C@@H](NC(=O)[C@@H](N)CO)C(C)(C)C)C2)C[C@H]1C(=O)NC1CCCc2ccccc21)C(C)(C)C.